The zero-order chi connectivity index (χ0) is 12.3. The molecule has 0 aliphatic rings. The van der Waals surface area contributed by atoms with Crippen molar-refractivity contribution in [3.05, 3.63) is 46.7 Å². The summed E-state index contributed by atoms with van der Waals surface area (Å²) in [4.78, 5) is 0. The number of hydrogen-bond acceptors (Lipinski definition) is 3. The van der Waals surface area contributed by atoms with E-state index in [2.05, 4.69) is 5.10 Å². The first kappa shape index (κ1) is 11.5. The summed E-state index contributed by atoms with van der Waals surface area (Å²) in [5.41, 5.74) is 1.28. The molecule has 86 valence electrons. The first-order valence-electron chi connectivity index (χ1n) is 5.00. The zero-order valence-corrected chi connectivity index (χ0v) is 9.98. The minimum atomic E-state index is 0.378. The molecule has 2 aromatic rings. The Hall–Kier alpha value is -1.99. The van der Waals surface area contributed by atoms with Gasteiger partial charge in [0.2, 0.25) is 0 Å². The summed E-state index contributed by atoms with van der Waals surface area (Å²) < 4.78 is 7.23. The van der Waals surface area contributed by atoms with Gasteiger partial charge >= 0.3 is 0 Å². The predicted octanol–water partition coefficient (Wildman–Crippen LogP) is 2.52. The summed E-state index contributed by atoms with van der Waals surface area (Å²) in [7, 11) is 1.85. The van der Waals surface area contributed by atoms with Crippen molar-refractivity contribution in [3.63, 3.8) is 0 Å². The molecule has 0 saturated carbocycles. The van der Waals surface area contributed by atoms with Gasteiger partial charge in [-0.15, -0.1) is 0 Å². The van der Waals surface area contributed by atoms with Crippen LogP contribution in [0, 0.1) is 11.3 Å². The lowest BCUT2D eigenvalue weighted by molar-refractivity contribution is 0.300. The lowest BCUT2D eigenvalue weighted by Crippen LogP contribution is -1.98. The van der Waals surface area contributed by atoms with Crippen LogP contribution in [-0.2, 0) is 13.7 Å². The molecular weight excluding hydrogens is 238 g/mol. The predicted molar refractivity (Wildman–Crippen MR) is 63.7 cm³/mol. The Balaban J connectivity index is 2.05. The first-order valence-corrected chi connectivity index (χ1v) is 5.38. The number of benzene rings is 1. The number of rotatable bonds is 3. The maximum absolute atomic E-state index is 8.73. The average molecular weight is 248 g/mol. The Bertz CT molecular complexity index is 571. The number of ether oxygens (including phenoxy) is 1. The molecule has 4 nitrogen and oxygen atoms in total. The largest absolute Gasteiger partial charge is 0.487 e. The van der Waals surface area contributed by atoms with Gasteiger partial charge in [-0.25, -0.2) is 0 Å². The van der Waals surface area contributed by atoms with E-state index in [-0.39, 0.29) is 0 Å². The third-order valence-corrected chi connectivity index (χ3v) is 2.53. The molecule has 1 aromatic heterocycles. The molecule has 0 aliphatic heterocycles. The number of aryl methyl sites for hydroxylation is 1. The van der Waals surface area contributed by atoms with Gasteiger partial charge in [0.15, 0.2) is 0 Å². The van der Waals surface area contributed by atoms with Crippen LogP contribution < -0.4 is 4.74 Å². The minimum absolute atomic E-state index is 0.378. The van der Waals surface area contributed by atoms with E-state index in [0.717, 1.165) is 5.69 Å². The lowest BCUT2D eigenvalue weighted by Gasteiger charge is -2.05. The van der Waals surface area contributed by atoms with Crippen LogP contribution >= 0.6 is 11.6 Å². The molecule has 0 saturated heterocycles. The highest BCUT2D eigenvalue weighted by molar-refractivity contribution is 6.31. The second kappa shape index (κ2) is 4.89. The molecule has 0 spiro atoms. The van der Waals surface area contributed by atoms with Crippen molar-refractivity contribution in [2.75, 3.05) is 0 Å². The van der Waals surface area contributed by atoms with Crippen molar-refractivity contribution in [1.29, 1.82) is 5.26 Å². The quantitative estimate of drug-likeness (QED) is 0.838. The molecule has 0 bridgehead atoms. The smallest absolute Gasteiger partial charge is 0.132 e. The topological polar surface area (TPSA) is 50.8 Å². The van der Waals surface area contributed by atoms with Crippen LogP contribution in [0.2, 0.25) is 5.02 Å². The van der Waals surface area contributed by atoms with Crippen LogP contribution in [0.1, 0.15) is 11.3 Å². The van der Waals surface area contributed by atoms with Crippen molar-refractivity contribution in [3.8, 4) is 11.8 Å². The molecule has 0 radical (unpaired) electrons. The molecule has 0 N–H and O–H groups in total. The van der Waals surface area contributed by atoms with Crippen molar-refractivity contribution in [2.45, 2.75) is 6.61 Å². The van der Waals surface area contributed by atoms with Gasteiger partial charge in [0.05, 0.1) is 16.3 Å². The summed E-state index contributed by atoms with van der Waals surface area (Å²) >= 11 is 5.89. The summed E-state index contributed by atoms with van der Waals surface area (Å²) in [5, 5.41) is 13.3. The monoisotopic (exact) mass is 247 g/mol. The highest BCUT2D eigenvalue weighted by atomic mass is 35.5. The number of halogens is 1. The molecule has 2 rings (SSSR count). The number of aromatic nitrogens is 2. The number of nitriles is 1. The molecule has 5 heteroatoms. The Morgan fingerprint density at radius 2 is 2.29 bits per heavy atom. The van der Waals surface area contributed by atoms with Gasteiger partial charge in [-0.1, -0.05) is 11.6 Å². The lowest BCUT2D eigenvalue weighted by atomic mass is 10.2. The zero-order valence-electron chi connectivity index (χ0n) is 9.22. The molecule has 0 atom stereocenters. The van der Waals surface area contributed by atoms with E-state index in [9.17, 15) is 0 Å². The van der Waals surface area contributed by atoms with E-state index < -0.39 is 0 Å². The van der Waals surface area contributed by atoms with E-state index in [1.165, 1.54) is 0 Å². The van der Waals surface area contributed by atoms with Crippen LogP contribution in [0.5, 0.6) is 5.75 Å². The Labute approximate surface area is 104 Å². The maximum atomic E-state index is 8.73. The van der Waals surface area contributed by atoms with E-state index in [1.54, 1.807) is 22.9 Å². The third-order valence-electron chi connectivity index (χ3n) is 2.22. The second-order valence-corrected chi connectivity index (χ2v) is 3.93. The van der Waals surface area contributed by atoms with Gasteiger partial charge < -0.3 is 4.74 Å². The molecule has 0 unspecified atom stereocenters. The third kappa shape index (κ3) is 2.77. The standard InChI is InChI=1S/C12H10ClN3O/c1-16-5-4-10(15-16)8-17-11-3-2-9(7-14)12(13)6-11/h2-6H,8H2,1H3. The highest BCUT2D eigenvalue weighted by Crippen LogP contribution is 2.22. The van der Waals surface area contributed by atoms with Gasteiger partial charge in [0, 0.05) is 19.3 Å². The fraction of sp³-hybridized carbons (Fsp3) is 0.167. The van der Waals surface area contributed by atoms with E-state index in [4.69, 9.17) is 21.6 Å². The van der Waals surface area contributed by atoms with Crippen LogP contribution in [0.25, 0.3) is 0 Å². The molecule has 0 fully saturated rings. The van der Waals surface area contributed by atoms with Gasteiger partial charge in [-0.2, -0.15) is 10.4 Å². The Morgan fingerprint density at radius 1 is 1.47 bits per heavy atom. The van der Waals surface area contributed by atoms with Crippen LogP contribution in [0.15, 0.2) is 30.5 Å². The normalized spacial score (nSPS) is 9.94. The Morgan fingerprint density at radius 3 is 2.88 bits per heavy atom. The van der Waals surface area contributed by atoms with Gasteiger partial charge in [0.1, 0.15) is 18.4 Å². The second-order valence-electron chi connectivity index (χ2n) is 3.52. The maximum Gasteiger partial charge on any atom is 0.132 e. The van der Waals surface area contributed by atoms with Gasteiger partial charge in [-0.3, -0.25) is 4.68 Å². The molecule has 0 aliphatic carbocycles. The summed E-state index contributed by atoms with van der Waals surface area (Å²) in [5.74, 6) is 0.625. The molecule has 17 heavy (non-hydrogen) atoms. The number of nitrogens with zero attached hydrogens (tertiary/aromatic N) is 3. The van der Waals surface area contributed by atoms with Crippen molar-refractivity contribution in [1.82, 2.24) is 9.78 Å². The fourth-order valence-corrected chi connectivity index (χ4v) is 1.59. The highest BCUT2D eigenvalue weighted by Gasteiger charge is 2.03. The Kier molecular flexibility index (Phi) is 3.31. The molecule has 1 heterocycles. The van der Waals surface area contributed by atoms with Crippen LogP contribution in [0.4, 0.5) is 0 Å². The molecule has 0 amide bonds. The van der Waals surface area contributed by atoms with Crippen LogP contribution in [0.3, 0.4) is 0 Å². The molecule has 1 aromatic carbocycles. The van der Waals surface area contributed by atoms with Crippen molar-refractivity contribution >= 4 is 11.6 Å². The SMILES string of the molecule is Cn1ccc(COc2ccc(C#N)c(Cl)c2)n1. The summed E-state index contributed by atoms with van der Waals surface area (Å²) in [6.45, 7) is 0.378. The average Bonchev–Trinajstić information content (AvgIpc) is 2.73. The van der Waals surface area contributed by atoms with Crippen LogP contribution in [-0.4, -0.2) is 9.78 Å². The van der Waals surface area contributed by atoms with E-state index in [0.29, 0.717) is 22.9 Å². The van der Waals surface area contributed by atoms with Crippen molar-refractivity contribution < 1.29 is 4.74 Å². The van der Waals surface area contributed by atoms with Gasteiger partial charge in [-0.05, 0) is 18.2 Å². The minimum Gasteiger partial charge on any atom is -0.487 e. The van der Waals surface area contributed by atoms with Crippen molar-refractivity contribution in [2.24, 2.45) is 7.05 Å². The van der Waals surface area contributed by atoms with E-state index in [1.807, 2.05) is 25.4 Å². The molecular formula is C12H10ClN3O. The summed E-state index contributed by atoms with van der Waals surface area (Å²) in [6, 6.07) is 8.86. The number of hydrogen-bond donors (Lipinski definition) is 0. The van der Waals surface area contributed by atoms with E-state index >= 15 is 0 Å². The fourth-order valence-electron chi connectivity index (χ4n) is 1.37. The first-order chi connectivity index (χ1) is 8.19. The summed E-state index contributed by atoms with van der Waals surface area (Å²) in [6.07, 6.45) is 1.85. The van der Waals surface area contributed by atoms with Gasteiger partial charge in [0.25, 0.3) is 0 Å².